The van der Waals surface area contributed by atoms with Gasteiger partial charge in [0.25, 0.3) is 0 Å². The second-order valence-corrected chi connectivity index (χ2v) is 8.01. The number of nitrogens with zero attached hydrogens (tertiary/aromatic N) is 6. The lowest BCUT2D eigenvalue weighted by molar-refractivity contribution is -0.128. The molecule has 6 rings (SSSR count). The minimum absolute atomic E-state index is 0.147. The van der Waals surface area contributed by atoms with Crippen LogP contribution in [0.3, 0.4) is 0 Å². The molecule has 9 nitrogen and oxygen atoms in total. The Morgan fingerprint density at radius 2 is 1.97 bits per heavy atom. The number of fused-ring (bicyclic) bond motifs is 3. The van der Waals surface area contributed by atoms with Gasteiger partial charge in [0.2, 0.25) is 17.7 Å². The summed E-state index contributed by atoms with van der Waals surface area (Å²) in [6.45, 7) is 3.24. The van der Waals surface area contributed by atoms with E-state index in [1.54, 1.807) is 20.2 Å². The largest absolute Gasteiger partial charge is 0.479 e. The minimum Gasteiger partial charge on any atom is -0.479 e. The molecule has 1 N–H and O–H groups in total. The van der Waals surface area contributed by atoms with Gasteiger partial charge in [0, 0.05) is 62.0 Å². The molecule has 2 fully saturated rings. The molecule has 0 spiro atoms. The van der Waals surface area contributed by atoms with Gasteiger partial charge in [-0.3, -0.25) is 4.79 Å². The van der Waals surface area contributed by atoms with Gasteiger partial charge in [0.15, 0.2) is 0 Å². The zero-order valence-corrected chi connectivity index (χ0v) is 16.7. The van der Waals surface area contributed by atoms with Gasteiger partial charge in [0.1, 0.15) is 5.52 Å². The number of ether oxygens (including phenoxy) is 1. The molecule has 2 unspecified atom stereocenters. The number of nitrogens with one attached hydrogen (secondary N) is 1. The predicted octanol–water partition coefficient (Wildman–Crippen LogP) is 1.94. The van der Waals surface area contributed by atoms with Gasteiger partial charge in [-0.25, -0.2) is 9.03 Å². The number of anilines is 1. The van der Waals surface area contributed by atoms with Crippen molar-refractivity contribution < 1.29 is 9.53 Å². The van der Waals surface area contributed by atoms with Gasteiger partial charge >= 0.3 is 0 Å². The Labute approximate surface area is 172 Å². The van der Waals surface area contributed by atoms with Crippen LogP contribution in [0.5, 0.6) is 5.88 Å². The molecule has 1 saturated heterocycles. The second-order valence-electron chi connectivity index (χ2n) is 8.01. The third-order valence-electron chi connectivity index (χ3n) is 6.32. The smallest absolute Gasteiger partial charge is 0.244 e. The summed E-state index contributed by atoms with van der Waals surface area (Å²) in [6, 6.07) is 8.40. The molecular weight excluding hydrogens is 382 g/mol. The Kier molecular flexibility index (Phi) is 3.56. The van der Waals surface area contributed by atoms with Crippen molar-refractivity contribution >= 4 is 22.9 Å². The van der Waals surface area contributed by atoms with Gasteiger partial charge in [-0.05, 0) is 29.8 Å². The molecule has 1 aliphatic heterocycles. The van der Waals surface area contributed by atoms with Crippen molar-refractivity contribution in [2.24, 2.45) is 11.8 Å². The zero-order chi connectivity index (χ0) is 20.4. The van der Waals surface area contributed by atoms with E-state index in [0.717, 1.165) is 35.2 Å². The summed E-state index contributed by atoms with van der Waals surface area (Å²) in [5.41, 5.74) is 3.90. The summed E-state index contributed by atoms with van der Waals surface area (Å²) in [4.78, 5) is 18.1. The Balaban J connectivity index is 1.31. The fourth-order valence-electron chi connectivity index (χ4n) is 4.66. The standard InChI is InChI=1S/C21H21N7O2/c1-12(29)26-10-16-17(11-26)18(16)23-21-24-20(30-2)19-15(5-8-28(19)25-21)13-4-7-27-14(9-13)3-6-22-27/h3-9,16-18H,10-11H2,1-2H3,(H,23,25). The van der Waals surface area contributed by atoms with Crippen molar-refractivity contribution in [3.8, 4) is 17.0 Å². The number of hydrogen-bond acceptors (Lipinski definition) is 6. The van der Waals surface area contributed by atoms with Crippen LogP contribution in [0.15, 0.2) is 42.9 Å². The van der Waals surface area contributed by atoms with Crippen molar-refractivity contribution in [2.45, 2.75) is 13.0 Å². The summed E-state index contributed by atoms with van der Waals surface area (Å²) < 4.78 is 9.26. The highest BCUT2D eigenvalue weighted by Gasteiger charge is 2.56. The van der Waals surface area contributed by atoms with Gasteiger partial charge in [-0.2, -0.15) is 10.1 Å². The monoisotopic (exact) mass is 403 g/mol. The van der Waals surface area contributed by atoms with Crippen LogP contribution in [0.4, 0.5) is 5.95 Å². The maximum absolute atomic E-state index is 11.5. The molecule has 2 atom stereocenters. The summed E-state index contributed by atoms with van der Waals surface area (Å²) in [6.07, 6.45) is 5.64. The fourth-order valence-corrected chi connectivity index (χ4v) is 4.66. The number of aromatic nitrogens is 5. The molecule has 4 aromatic rings. The lowest BCUT2D eigenvalue weighted by Gasteiger charge is -2.18. The van der Waals surface area contributed by atoms with E-state index in [1.165, 1.54) is 0 Å². The number of hydrogen-bond donors (Lipinski definition) is 1. The average Bonchev–Trinajstić information content (AvgIpc) is 3.23. The van der Waals surface area contributed by atoms with Crippen molar-refractivity contribution in [3.05, 3.63) is 42.9 Å². The van der Waals surface area contributed by atoms with Gasteiger partial charge in [0.05, 0.1) is 12.6 Å². The molecule has 0 radical (unpaired) electrons. The normalized spacial score (nSPS) is 22.5. The van der Waals surface area contributed by atoms with Crippen LogP contribution < -0.4 is 10.1 Å². The molecule has 0 aromatic carbocycles. The maximum Gasteiger partial charge on any atom is 0.244 e. The lowest BCUT2D eigenvalue weighted by atomic mass is 10.1. The van der Waals surface area contributed by atoms with Gasteiger partial charge in [-0.1, -0.05) is 0 Å². The minimum atomic E-state index is 0.147. The molecule has 9 heteroatoms. The zero-order valence-electron chi connectivity index (χ0n) is 16.7. The van der Waals surface area contributed by atoms with Crippen molar-refractivity contribution in [1.29, 1.82) is 0 Å². The van der Waals surface area contributed by atoms with E-state index in [4.69, 9.17) is 4.74 Å². The first-order valence-electron chi connectivity index (χ1n) is 10.0. The highest BCUT2D eigenvalue weighted by Crippen LogP contribution is 2.47. The number of amides is 1. The number of carbonyl (C=O) groups excluding carboxylic acids is 1. The number of pyridine rings is 1. The fraction of sp³-hybridized carbons (Fsp3) is 0.333. The topological polar surface area (TPSA) is 89.1 Å². The third-order valence-corrected chi connectivity index (χ3v) is 6.32. The van der Waals surface area contributed by atoms with Crippen LogP contribution >= 0.6 is 0 Å². The van der Waals surface area contributed by atoms with Crippen molar-refractivity contribution in [1.82, 2.24) is 29.1 Å². The molecule has 1 amide bonds. The van der Waals surface area contributed by atoms with Crippen LogP contribution in [-0.2, 0) is 4.79 Å². The lowest BCUT2D eigenvalue weighted by Crippen LogP contribution is -2.32. The molecule has 4 aromatic heterocycles. The molecule has 0 bridgehead atoms. The van der Waals surface area contributed by atoms with E-state index in [1.807, 2.05) is 44.5 Å². The molecule has 1 aliphatic carbocycles. The number of likely N-dealkylation sites (tertiary alicyclic amines) is 1. The third kappa shape index (κ3) is 2.54. The average molecular weight is 403 g/mol. The molecule has 2 aliphatic rings. The van der Waals surface area contributed by atoms with Crippen molar-refractivity contribution in [3.63, 3.8) is 0 Å². The van der Waals surface area contributed by atoms with E-state index in [2.05, 4.69) is 26.6 Å². The van der Waals surface area contributed by atoms with E-state index in [0.29, 0.717) is 29.7 Å². The van der Waals surface area contributed by atoms with Crippen molar-refractivity contribution in [2.75, 3.05) is 25.5 Å². The Morgan fingerprint density at radius 1 is 1.17 bits per heavy atom. The molecule has 5 heterocycles. The summed E-state index contributed by atoms with van der Waals surface area (Å²) in [5, 5.41) is 12.4. The summed E-state index contributed by atoms with van der Waals surface area (Å²) >= 11 is 0. The van der Waals surface area contributed by atoms with Crippen LogP contribution in [0.1, 0.15) is 6.92 Å². The quantitative estimate of drug-likeness (QED) is 0.560. The molecule has 1 saturated carbocycles. The number of rotatable bonds is 4. The van der Waals surface area contributed by atoms with Gasteiger partial charge < -0.3 is 15.0 Å². The van der Waals surface area contributed by atoms with E-state index in [9.17, 15) is 4.79 Å². The second kappa shape index (κ2) is 6.19. The summed E-state index contributed by atoms with van der Waals surface area (Å²) in [7, 11) is 1.62. The molecular formula is C21H21N7O2. The molecule has 152 valence electrons. The number of piperidine rings is 1. The summed E-state index contributed by atoms with van der Waals surface area (Å²) in [5.74, 6) is 2.16. The van der Waals surface area contributed by atoms with E-state index in [-0.39, 0.29) is 5.91 Å². The molecule has 30 heavy (non-hydrogen) atoms. The Morgan fingerprint density at radius 3 is 2.73 bits per heavy atom. The van der Waals surface area contributed by atoms with E-state index >= 15 is 0 Å². The first kappa shape index (κ1) is 17.3. The Bertz CT molecular complexity index is 1280. The van der Waals surface area contributed by atoms with Gasteiger partial charge in [-0.15, -0.1) is 5.10 Å². The number of carbonyl (C=O) groups is 1. The predicted molar refractivity (Wildman–Crippen MR) is 110 cm³/mol. The maximum atomic E-state index is 11.5. The Hall–Kier alpha value is -3.62. The first-order chi connectivity index (χ1) is 14.6. The van der Waals surface area contributed by atoms with E-state index < -0.39 is 0 Å². The van der Waals surface area contributed by atoms with Crippen LogP contribution in [0.2, 0.25) is 0 Å². The van der Waals surface area contributed by atoms with Crippen LogP contribution in [-0.4, -0.2) is 61.3 Å². The highest BCUT2D eigenvalue weighted by molar-refractivity contribution is 5.85. The SMILES string of the molecule is COc1nc(NC2C3CN(C(C)=O)CC32)nn2ccc(-c3ccn4nccc4c3)c12. The van der Waals surface area contributed by atoms with Crippen LogP contribution in [0.25, 0.3) is 22.2 Å². The number of methoxy groups -OCH3 is 1. The first-order valence-corrected chi connectivity index (χ1v) is 10.0. The van der Waals surface area contributed by atoms with Crippen LogP contribution in [0, 0.1) is 11.8 Å². The highest BCUT2D eigenvalue weighted by atomic mass is 16.5.